The van der Waals surface area contributed by atoms with Crippen LogP contribution in [0.15, 0.2) is 60.8 Å². The molecule has 0 aromatic heterocycles. The number of hydrogen-bond acceptors (Lipinski definition) is 8. The van der Waals surface area contributed by atoms with Crippen LogP contribution < -0.4 is 0 Å². The molecule has 0 bridgehead atoms. The average molecular weight is 895 g/mol. The third kappa shape index (κ3) is 47.6. The number of phosphoric ester groups is 1. The number of esters is 1. The maximum absolute atomic E-state index is 12.7. The molecule has 9 nitrogen and oxygen atoms in total. The summed E-state index contributed by atoms with van der Waals surface area (Å²) in [5, 5.41) is 18.4. The third-order valence-corrected chi connectivity index (χ3v) is 11.6. The molecule has 0 rings (SSSR count). The highest BCUT2D eigenvalue weighted by atomic mass is 31.2. The van der Waals surface area contributed by atoms with Crippen molar-refractivity contribution in [3.8, 4) is 0 Å². The van der Waals surface area contributed by atoms with Gasteiger partial charge in [-0.1, -0.05) is 190 Å². The Labute approximate surface area is 380 Å². The minimum atomic E-state index is -4.53. The maximum Gasteiger partial charge on any atom is 0.472 e. The van der Waals surface area contributed by atoms with Crippen molar-refractivity contribution < 1.29 is 43.0 Å². The average Bonchev–Trinajstić information content (AvgIpc) is 3.26. The molecule has 0 saturated heterocycles. The van der Waals surface area contributed by atoms with Gasteiger partial charge < -0.3 is 24.6 Å². The number of aliphatic hydroxyl groups is 2. The number of carbonyl (C=O) groups is 1. The summed E-state index contributed by atoms with van der Waals surface area (Å²) in [5.41, 5.74) is 0. The van der Waals surface area contributed by atoms with Crippen molar-refractivity contribution in [3.63, 3.8) is 0 Å². The molecule has 362 valence electrons. The quantitative estimate of drug-likeness (QED) is 0.0236. The van der Waals surface area contributed by atoms with E-state index >= 15 is 0 Å². The van der Waals surface area contributed by atoms with E-state index in [0.29, 0.717) is 6.61 Å². The number of unbranched alkanes of at least 4 members (excludes halogenated alkanes) is 24. The molecule has 3 atom stereocenters. The SMILES string of the molecule is CCCCC/C=C\C/C=C\C/C=C\CCCCCCCCCOCC(COP(=O)(O)OCC(O)CO)OC(=O)CCCCCCCCCCC/C=C\C/C=C\CCCCCCC. The van der Waals surface area contributed by atoms with Crippen LogP contribution in [0.5, 0.6) is 0 Å². The summed E-state index contributed by atoms with van der Waals surface area (Å²) >= 11 is 0. The fraction of sp³-hybridized carbons (Fsp3) is 0.788. The fourth-order valence-corrected chi connectivity index (χ4v) is 7.59. The van der Waals surface area contributed by atoms with Crippen LogP contribution in [0, 0.1) is 0 Å². The summed E-state index contributed by atoms with van der Waals surface area (Å²) in [6, 6.07) is 0. The number of hydrogen-bond donors (Lipinski definition) is 3. The topological polar surface area (TPSA) is 132 Å². The van der Waals surface area contributed by atoms with E-state index in [1.807, 2.05) is 0 Å². The molecule has 0 spiro atoms. The second-order valence-corrected chi connectivity index (χ2v) is 18.3. The van der Waals surface area contributed by atoms with Gasteiger partial charge in [-0.15, -0.1) is 0 Å². The van der Waals surface area contributed by atoms with Crippen molar-refractivity contribution in [2.24, 2.45) is 0 Å². The molecule has 10 heteroatoms. The maximum atomic E-state index is 12.7. The fourth-order valence-electron chi connectivity index (χ4n) is 6.80. The van der Waals surface area contributed by atoms with Gasteiger partial charge in [0.2, 0.25) is 0 Å². The minimum Gasteiger partial charge on any atom is -0.457 e. The van der Waals surface area contributed by atoms with Crippen LogP contribution in [-0.2, 0) is 27.9 Å². The number of aliphatic hydroxyl groups excluding tert-OH is 2. The standard InChI is InChI=1S/C52H95O9P/c1-3-5-7-9-11-13-15-17-19-21-23-25-26-28-30-32-34-36-38-40-42-44-52(55)61-51(49-60-62(56,57)59-47-50(54)46-53)48-58-45-43-41-39-37-35-33-31-29-27-24-22-20-18-16-14-12-10-8-6-4-2/h12,14-15,17-18,20-21,23-24,27,50-51,53-54H,3-11,13,16,19,22,25-26,28-49H2,1-2H3,(H,56,57)/b14-12-,17-15-,20-18-,23-21-,27-24-. The summed E-state index contributed by atoms with van der Waals surface area (Å²) < 4.78 is 33.5. The van der Waals surface area contributed by atoms with E-state index in [1.165, 1.54) is 122 Å². The first-order valence-corrected chi connectivity index (χ1v) is 26.8. The molecule has 0 aliphatic heterocycles. The predicted molar refractivity (Wildman–Crippen MR) is 260 cm³/mol. The predicted octanol–water partition coefficient (Wildman–Crippen LogP) is 14.7. The Morgan fingerprint density at radius 1 is 0.500 bits per heavy atom. The van der Waals surface area contributed by atoms with Crippen LogP contribution in [0.25, 0.3) is 0 Å². The Balaban J connectivity index is 4.13. The lowest BCUT2D eigenvalue weighted by Gasteiger charge is -2.20. The summed E-state index contributed by atoms with van der Waals surface area (Å²) in [6.45, 7) is 3.47. The Hall–Kier alpha value is -1.84. The third-order valence-electron chi connectivity index (χ3n) is 10.7. The van der Waals surface area contributed by atoms with E-state index in [1.54, 1.807) is 0 Å². The van der Waals surface area contributed by atoms with Gasteiger partial charge in [-0.05, 0) is 83.5 Å². The van der Waals surface area contributed by atoms with Gasteiger partial charge in [-0.2, -0.15) is 0 Å². The zero-order chi connectivity index (χ0) is 45.3. The molecule has 0 saturated carbocycles. The van der Waals surface area contributed by atoms with Gasteiger partial charge in [0.15, 0.2) is 0 Å². The summed E-state index contributed by atoms with van der Waals surface area (Å²) in [6.07, 6.45) is 57.5. The van der Waals surface area contributed by atoms with Crippen LogP contribution in [0.1, 0.15) is 219 Å². The molecule has 0 aromatic carbocycles. The summed E-state index contributed by atoms with van der Waals surface area (Å²) in [4.78, 5) is 22.7. The molecule has 0 aliphatic carbocycles. The largest absolute Gasteiger partial charge is 0.472 e. The lowest BCUT2D eigenvalue weighted by atomic mass is 10.1. The van der Waals surface area contributed by atoms with Gasteiger partial charge in [0.05, 0.1) is 26.4 Å². The van der Waals surface area contributed by atoms with Crippen molar-refractivity contribution in [2.45, 2.75) is 232 Å². The first kappa shape index (κ1) is 60.2. The summed E-state index contributed by atoms with van der Waals surface area (Å²) in [7, 11) is -4.53. The van der Waals surface area contributed by atoms with Crippen LogP contribution >= 0.6 is 7.82 Å². The van der Waals surface area contributed by atoms with Crippen LogP contribution in [-0.4, -0.2) is 66.3 Å². The number of phosphoric acid groups is 1. The highest BCUT2D eigenvalue weighted by molar-refractivity contribution is 7.47. The molecule has 0 heterocycles. The number of rotatable bonds is 48. The molecule has 0 amide bonds. The van der Waals surface area contributed by atoms with E-state index in [9.17, 15) is 19.4 Å². The van der Waals surface area contributed by atoms with Crippen molar-refractivity contribution in [1.29, 1.82) is 0 Å². The van der Waals surface area contributed by atoms with Crippen LogP contribution in [0.4, 0.5) is 0 Å². The second kappa shape index (κ2) is 48.6. The Morgan fingerprint density at radius 2 is 0.871 bits per heavy atom. The second-order valence-electron chi connectivity index (χ2n) is 16.8. The zero-order valence-corrected chi connectivity index (χ0v) is 40.7. The molecule has 0 radical (unpaired) electrons. The van der Waals surface area contributed by atoms with Crippen molar-refractivity contribution >= 4 is 13.8 Å². The molecule has 0 fully saturated rings. The smallest absolute Gasteiger partial charge is 0.457 e. The lowest BCUT2D eigenvalue weighted by molar-refractivity contribution is -0.154. The van der Waals surface area contributed by atoms with Gasteiger partial charge in [-0.25, -0.2) is 4.57 Å². The van der Waals surface area contributed by atoms with Crippen molar-refractivity contribution in [3.05, 3.63) is 60.8 Å². The highest BCUT2D eigenvalue weighted by Gasteiger charge is 2.26. The molecule has 3 unspecified atom stereocenters. The van der Waals surface area contributed by atoms with Gasteiger partial charge >= 0.3 is 13.8 Å². The van der Waals surface area contributed by atoms with Crippen molar-refractivity contribution in [1.82, 2.24) is 0 Å². The molecular weight excluding hydrogens is 800 g/mol. The monoisotopic (exact) mass is 895 g/mol. The first-order valence-electron chi connectivity index (χ1n) is 25.3. The van der Waals surface area contributed by atoms with Gasteiger partial charge in [0.25, 0.3) is 0 Å². The Morgan fingerprint density at radius 3 is 1.34 bits per heavy atom. The normalized spacial score (nSPS) is 14.3. The number of ether oxygens (including phenoxy) is 2. The van der Waals surface area contributed by atoms with Gasteiger partial charge in [0.1, 0.15) is 12.2 Å². The highest BCUT2D eigenvalue weighted by Crippen LogP contribution is 2.43. The summed E-state index contributed by atoms with van der Waals surface area (Å²) in [5.74, 6) is -0.390. The first-order chi connectivity index (χ1) is 30.3. The molecule has 0 aliphatic rings. The van der Waals surface area contributed by atoms with Crippen LogP contribution in [0.3, 0.4) is 0 Å². The number of carbonyl (C=O) groups excluding carboxylic acids is 1. The Kier molecular flexibility index (Phi) is 47.2. The molecule has 62 heavy (non-hydrogen) atoms. The Bertz CT molecular complexity index is 1150. The van der Waals surface area contributed by atoms with E-state index in [2.05, 4.69) is 74.6 Å². The van der Waals surface area contributed by atoms with E-state index in [0.717, 1.165) is 77.0 Å². The van der Waals surface area contributed by atoms with Crippen molar-refractivity contribution in [2.75, 3.05) is 33.0 Å². The minimum absolute atomic E-state index is 0.0391. The zero-order valence-electron chi connectivity index (χ0n) is 39.8. The van der Waals surface area contributed by atoms with Crippen LogP contribution in [0.2, 0.25) is 0 Å². The molecule has 0 aromatic rings. The van der Waals surface area contributed by atoms with E-state index in [4.69, 9.17) is 23.6 Å². The lowest BCUT2D eigenvalue weighted by Crippen LogP contribution is -2.29. The van der Waals surface area contributed by atoms with E-state index in [-0.39, 0.29) is 19.6 Å². The molecular formula is C52H95O9P. The van der Waals surface area contributed by atoms with E-state index < -0.39 is 39.2 Å². The number of allylic oxidation sites excluding steroid dienone is 10. The molecule has 3 N–H and O–H groups in total. The van der Waals surface area contributed by atoms with Gasteiger partial charge in [-0.3, -0.25) is 13.8 Å². The van der Waals surface area contributed by atoms with Gasteiger partial charge in [0, 0.05) is 13.0 Å².